The van der Waals surface area contributed by atoms with Crippen LogP contribution in [0.4, 0.5) is 0 Å². The van der Waals surface area contributed by atoms with E-state index in [-0.39, 0.29) is 18.4 Å². The first kappa shape index (κ1) is 20.4. The van der Waals surface area contributed by atoms with Crippen LogP contribution in [-0.4, -0.2) is 54.3 Å². The number of nitrogens with zero attached hydrogens (tertiary/aromatic N) is 2. The molecule has 1 aliphatic heterocycles. The van der Waals surface area contributed by atoms with E-state index in [1.807, 2.05) is 17.0 Å². The summed E-state index contributed by atoms with van der Waals surface area (Å²) < 4.78 is 0. The molecule has 2 amide bonds. The Morgan fingerprint density at radius 3 is 2.21 bits per heavy atom. The molecule has 0 spiro atoms. The minimum absolute atomic E-state index is 0.0195. The number of hydrogen-bond donors (Lipinski definition) is 1. The summed E-state index contributed by atoms with van der Waals surface area (Å²) >= 11 is 5.95. The molecular formula is C22H26ClN3O2. The third-order valence-electron chi connectivity index (χ3n) is 4.98. The molecular weight excluding hydrogens is 374 g/mol. The van der Waals surface area contributed by atoms with E-state index in [0.717, 1.165) is 25.1 Å². The Balaban J connectivity index is 1.78. The number of nitrogens with one attached hydrogen (secondary N) is 1. The van der Waals surface area contributed by atoms with Gasteiger partial charge in [0, 0.05) is 43.3 Å². The molecule has 0 aliphatic carbocycles. The molecule has 1 aliphatic rings. The van der Waals surface area contributed by atoms with Crippen molar-refractivity contribution in [2.24, 2.45) is 0 Å². The highest BCUT2D eigenvalue weighted by molar-refractivity contribution is 6.30. The van der Waals surface area contributed by atoms with Crippen molar-refractivity contribution < 1.29 is 9.59 Å². The molecule has 2 aromatic carbocycles. The SMILES string of the molecule is CCc1ccc(CN(CC(=O)N2CCNCC2)C(=O)c2ccc(Cl)cc2)cc1. The van der Waals surface area contributed by atoms with E-state index in [1.165, 1.54) is 5.56 Å². The lowest BCUT2D eigenvalue weighted by molar-refractivity contribution is -0.132. The molecule has 28 heavy (non-hydrogen) atoms. The number of piperazine rings is 1. The average molecular weight is 400 g/mol. The molecule has 0 radical (unpaired) electrons. The molecule has 6 heteroatoms. The Hall–Kier alpha value is -2.37. The van der Waals surface area contributed by atoms with Crippen molar-refractivity contribution in [2.75, 3.05) is 32.7 Å². The fraction of sp³-hybridized carbons (Fsp3) is 0.364. The summed E-state index contributed by atoms with van der Waals surface area (Å²) in [5.74, 6) is -0.186. The van der Waals surface area contributed by atoms with Crippen LogP contribution in [0.15, 0.2) is 48.5 Å². The molecule has 0 atom stereocenters. The van der Waals surface area contributed by atoms with Crippen LogP contribution in [0.2, 0.25) is 5.02 Å². The van der Waals surface area contributed by atoms with Gasteiger partial charge < -0.3 is 15.1 Å². The van der Waals surface area contributed by atoms with Crippen LogP contribution in [0.25, 0.3) is 0 Å². The lowest BCUT2D eigenvalue weighted by atomic mass is 10.1. The third-order valence-corrected chi connectivity index (χ3v) is 5.23. The summed E-state index contributed by atoms with van der Waals surface area (Å²) in [5, 5.41) is 3.82. The van der Waals surface area contributed by atoms with Crippen LogP contribution >= 0.6 is 11.6 Å². The summed E-state index contributed by atoms with van der Waals surface area (Å²) in [4.78, 5) is 29.3. The van der Waals surface area contributed by atoms with Crippen LogP contribution in [0.3, 0.4) is 0 Å². The average Bonchev–Trinajstić information content (AvgIpc) is 2.74. The number of carbonyl (C=O) groups is 2. The van der Waals surface area contributed by atoms with Crippen LogP contribution in [0, 0.1) is 0 Å². The summed E-state index contributed by atoms with van der Waals surface area (Å²) in [5.41, 5.74) is 2.78. The molecule has 2 aromatic rings. The normalized spacial score (nSPS) is 14.0. The largest absolute Gasteiger partial charge is 0.339 e. The Morgan fingerprint density at radius 2 is 1.61 bits per heavy atom. The van der Waals surface area contributed by atoms with Crippen LogP contribution in [-0.2, 0) is 17.8 Å². The van der Waals surface area contributed by atoms with Crippen LogP contribution in [0.5, 0.6) is 0 Å². The lowest BCUT2D eigenvalue weighted by Gasteiger charge is -2.30. The molecule has 0 bridgehead atoms. The number of carbonyl (C=O) groups excluding carboxylic acids is 2. The summed E-state index contributed by atoms with van der Waals surface area (Å²) in [6.07, 6.45) is 0.967. The minimum Gasteiger partial charge on any atom is -0.339 e. The number of rotatable bonds is 6. The van der Waals surface area contributed by atoms with Crippen LogP contribution in [0.1, 0.15) is 28.4 Å². The lowest BCUT2D eigenvalue weighted by Crippen LogP contribution is -2.50. The van der Waals surface area contributed by atoms with Gasteiger partial charge in [-0.15, -0.1) is 0 Å². The predicted molar refractivity (Wildman–Crippen MR) is 111 cm³/mol. The highest BCUT2D eigenvalue weighted by Gasteiger charge is 2.23. The van der Waals surface area contributed by atoms with Crippen molar-refractivity contribution in [1.82, 2.24) is 15.1 Å². The Morgan fingerprint density at radius 1 is 1.00 bits per heavy atom. The zero-order chi connectivity index (χ0) is 19.9. The Labute approximate surface area is 171 Å². The van der Waals surface area contributed by atoms with Gasteiger partial charge in [-0.05, 0) is 41.8 Å². The second kappa shape index (κ2) is 9.71. The summed E-state index contributed by atoms with van der Waals surface area (Å²) in [6.45, 7) is 5.49. The van der Waals surface area contributed by atoms with Gasteiger partial charge in [0.05, 0.1) is 0 Å². The smallest absolute Gasteiger partial charge is 0.254 e. The number of hydrogen-bond acceptors (Lipinski definition) is 3. The first-order valence-electron chi connectivity index (χ1n) is 9.68. The monoisotopic (exact) mass is 399 g/mol. The van der Waals surface area contributed by atoms with Gasteiger partial charge in [0.15, 0.2) is 0 Å². The Kier molecular flexibility index (Phi) is 7.06. The molecule has 1 saturated heterocycles. The standard InChI is InChI=1S/C22H26ClN3O2/c1-2-17-3-5-18(6-4-17)15-26(16-21(27)25-13-11-24-12-14-25)22(28)19-7-9-20(23)10-8-19/h3-10,24H,2,11-16H2,1H3. The maximum atomic E-state index is 13.1. The fourth-order valence-electron chi connectivity index (χ4n) is 3.25. The second-order valence-electron chi connectivity index (χ2n) is 6.97. The third kappa shape index (κ3) is 5.33. The highest BCUT2D eigenvalue weighted by atomic mass is 35.5. The zero-order valence-corrected chi connectivity index (χ0v) is 16.9. The summed E-state index contributed by atoms with van der Waals surface area (Å²) in [7, 11) is 0. The number of aryl methyl sites for hydroxylation is 1. The van der Waals surface area contributed by atoms with E-state index in [1.54, 1.807) is 29.2 Å². The van der Waals surface area contributed by atoms with Gasteiger partial charge in [-0.2, -0.15) is 0 Å². The van der Waals surface area contributed by atoms with E-state index in [9.17, 15) is 9.59 Å². The molecule has 0 saturated carbocycles. The van der Waals surface area contributed by atoms with E-state index in [2.05, 4.69) is 24.4 Å². The van der Waals surface area contributed by atoms with E-state index < -0.39 is 0 Å². The first-order chi connectivity index (χ1) is 13.6. The van der Waals surface area contributed by atoms with Gasteiger partial charge in [0.1, 0.15) is 6.54 Å². The van der Waals surface area contributed by atoms with Gasteiger partial charge in [-0.1, -0.05) is 42.8 Å². The molecule has 1 N–H and O–H groups in total. The molecule has 148 valence electrons. The van der Waals surface area contributed by atoms with Crippen molar-refractivity contribution >= 4 is 23.4 Å². The van der Waals surface area contributed by atoms with Crippen molar-refractivity contribution in [3.8, 4) is 0 Å². The molecule has 3 rings (SSSR count). The van der Waals surface area contributed by atoms with Crippen molar-refractivity contribution in [2.45, 2.75) is 19.9 Å². The molecule has 1 heterocycles. The van der Waals surface area contributed by atoms with E-state index in [4.69, 9.17) is 11.6 Å². The summed E-state index contributed by atoms with van der Waals surface area (Å²) in [6, 6.07) is 15.0. The number of halogens is 1. The van der Waals surface area contributed by atoms with Crippen molar-refractivity contribution in [1.29, 1.82) is 0 Å². The maximum Gasteiger partial charge on any atom is 0.254 e. The molecule has 5 nitrogen and oxygen atoms in total. The zero-order valence-electron chi connectivity index (χ0n) is 16.2. The van der Waals surface area contributed by atoms with Gasteiger partial charge in [-0.25, -0.2) is 0 Å². The fourth-order valence-corrected chi connectivity index (χ4v) is 3.38. The number of amides is 2. The van der Waals surface area contributed by atoms with Crippen molar-refractivity contribution in [3.63, 3.8) is 0 Å². The van der Waals surface area contributed by atoms with E-state index in [0.29, 0.717) is 30.2 Å². The maximum absolute atomic E-state index is 13.1. The van der Waals surface area contributed by atoms with Gasteiger partial charge in [0.25, 0.3) is 5.91 Å². The van der Waals surface area contributed by atoms with Gasteiger partial charge in [-0.3, -0.25) is 9.59 Å². The quantitative estimate of drug-likeness (QED) is 0.812. The topological polar surface area (TPSA) is 52.7 Å². The van der Waals surface area contributed by atoms with Gasteiger partial charge in [0.2, 0.25) is 5.91 Å². The predicted octanol–water partition coefficient (Wildman–Crippen LogP) is 2.98. The van der Waals surface area contributed by atoms with Gasteiger partial charge >= 0.3 is 0 Å². The first-order valence-corrected chi connectivity index (χ1v) is 10.1. The second-order valence-corrected chi connectivity index (χ2v) is 7.41. The molecule has 0 aromatic heterocycles. The Bertz CT molecular complexity index is 800. The highest BCUT2D eigenvalue weighted by Crippen LogP contribution is 2.15. The van der Waals surface area contributed by atoms with Crippen molar-refractivity contribution in [3.05, 3.63) is 70.2 Å². The molecule has 1 fully saturated rings. The van der Waals surface area contributed by atoms with Crippen LogP contribution < -0.4 is 5.32 Å². The number of benzene rings is 2. The molecule has 0 unspecified atom stereocenters. The minimum atomic E-state index is -0.167. The van der Waals surface area contributed by atoms with E-state index >= 15 is 0 Å².